The molecule has 0 bridgehead atoms. The Morgan fingerprint density at radius 1 is 1.46 bits per heavy atom. The van der Waals surface area contributed by atoms with Gasteiger partial charge in [-0.1, -0.05) is 13.8 Å². The average molecular weight is 204 g/mol. The van der Waals surface area contributed by atoms with E-state index in [1.54, 1.807) is 0 Å². The van der Waals surface area contributed by atoms with Crippen LogP contribution in [0.4, 0.5) is 0 Å². The van der Waals surface area contributed by atoms with E-state index in [1.807, 2.05) is 25.6 Å². The fourth-order valence-electron chi connectivity index (χ4n) is 0.731. The van der Waals surface area contributed by atoms with Gasteiger partial charge in [-0.05, 0) is 24.3 Å². The molecule has 0 aliphatic carbocycles. The molecule has 0 fully saturated rings. The number of rotatable bonds is 7. The maximum atomic E-state index is 8.55. The summed E-state index contributed by atoms with van der Waals surface area (Å²) >= 11 is 1.81. The van der Waals surface area contributed by atoms with Crippen LogP contribution in [0.15, 0.2) is 0 Å². The maximum absolute atomic E-state index is 8.55. The number of nitrogens with one attached hydrogen (secondary N) is 1. The number of thioether (sulfide) groups is 1. The molecule has 78 valence electrons. The van der Waals surface area contributed by atoms with Gasteiger partial charge in [-0.3, -0.25) is 5.41 Å². The van der Waals surface area contributed by atoms with Crippen molar-refractivity contribution in [1.29, 1.82) is 5.41 Å². The highest BCUT2D eigenvalue weighted by Crippen LogP contribution is 2.22. The number of hydrogen-bond donors (Lipinski definition) is 3. The van der Waals surface area contributed by atoms with Crippen LogP contribution < -0.4 is 5.73 Å². The van der Waals surface area contributed by atoms with Gasteiger partial charge in [0.1, 0.15) is 0 Å². The predicted octanol–water partition coefficient (Wildman–Crippen LogP) is 1.45. The summed E-state index contributed by atoms with van der Waals surface area (Å²) < 4.78 is 0. The average Bonchev–Trinajstić information content (AvgIpc) is 2.03. The van der Waals surface area contributed by atoms with Crippen molar-refractivity contribution in [3.05, 3.63) is 0 Å². The molecule has 0 aliphatic heterocycles. The molecule has 0 saturated carbocycles. The lowest BCUT2D eigenvalue weighted by Crippen LogP contribution is -2.31. The zero-order valence-electron chi connectivity index (χ0n) is 8.47. The van der Waals surface area contributed by atoms with E-state index in [9.17, 15) is 0 Å². The zero-order chi connectivity index (χ0) is 10.3. The van der Waals surface area contributed by atoms with Crippen LogP contribution in [-0.2, 0) is 0 Å². The molecule has 0 atom stereocenters. The summed E-state index contributed by atoms with van der Waals surface area (Å²) in [6.07, 6.45) is 1.78. The van der Waals surface area contributed by atoms with Crippen molar-refractivity contribution >= 4 is 17.6 Å². The van der Waals surface area contributed by atoms with Gasteiger partial charge in [0.25, 0.3) is 0 Å². The molecule has 0 spiro atoms. The third-order valence-electron chi connectivity index (χ3n) is 2.05. The highest BCUT2D eigenvalue weighted by Gasteiger charge is 2.20. The maximum Gasteiger partial charge on any atom is 0.0963 e. The lowest BCUT2D eigenvalue weighted by Gasteiger charge is -2.22. The molecular weight excluding hydrogens is 184 g/mol. The van der Waals surface area contributed by atoms with Crippen LogP contribution in [-0.4, -0.2) is 29.1 Å². The second-order valence-corrected chi connectivity index (χ2v) is 4.96. The van der Waals surface area contributed by atoms with E-state index in [2.05, 4.69) is 0 Å². The molecule has 0 unspecified atom stereocenters. The highest BCUT2D eigenvalue weighted by molar-refractivity contribution is 7.99. The molecule has 13 heavy (non-hydrogen) atoms. The second kappa shape index (κ2) is 6.27. The predicted molar refractivity (Wildman–Crippen MR) is 59.3 cm³/mol. The molecule has 4 heteroatoms. The van der Waals surface area contributed by atoms with E-state index in [4.69, 9.17) is 16.2 Å². The molecular formula is C9H20N2OS. The Morgan fingerprint density at radius 2 is 2.08 bits per heavy atom. The van der Waals surface area contributed by atoms with Gasteiger partial charge in [0, 0.05) is 12.0 Å². The van der Waals surface area contributed by atoms with Crippen LogP contribution in [0.3, 0.4) is 0 Å². The molecule has 0 aromatic rings. The number of aliphatic hydroxyl groups is 1. The molecule has 0 saturated heterocycles. The molecule has 0 aromatic heterocycles. The van der Waals surface area contributed by atoms with Crippen LogP contribution in [0, 0.1) is 10.8 Å². The smallest absolute Gasteiger partial charge is 0.0963 e. The van der Waals surface area contributed by atoms with Crippen molar-refractivity contribution in [3.8, 4) is 0 Å². The lowest BCUT2D eigenvalue weighted by molar-refractivity contribution is 0.296. The van der Waals surface area contributed by atoms with Crippen LogP contribution in [0.5, 0.6) is 0 Å². The van der Waals surface area contributed by atoms with E-state index in [0.29, 0.717) is 0 Å². The summed E-state index contributed by atoms with van der Waals surface area (Å²) in [5.74, 6) is 2.26. The van der Waals surface area contributed by atoms with Crippen LogP contribution in [0.25, 0.3) is 0 Å². The normalized spacial score (nSPS) is 11.6. The van der Waals surface area contributed by atoms with Crippen molar-refractivity contribution in [2.24, 2.45) is 11.1 Å². The van der Waals surface area contributed by atoms with Gasteiger partial charge < -0.3 is 10.8 Å². The summed E-state index contributed by atoms with van der Waals surface area (Å²) in [5, 5.41) is 15.9. The van der Waals surface area contributed by atoms with Gasteiger partial charge in [-0.2, -0.15) is 11.8 Å². The molecule has 0 radical (unpaired) electrons. The zero-order valence-corrected chi connectivity index (χ0v) is 9.28. The van der Waals surface area contributed by atoms with Crippen molar-refractivity contribution < 1.29 is 5.11 Å². The summed E-state index contributed by atoms with van der Waals surface area (Å²) in [5.41, 5.74) is 5.27. The Bertz CT molecular complexity index is 160. The first kappa shape index (κ1) is 12.8. The van der Waals surface area contributed by atoms with Crippen molar-refractivity contribution in [3.63, 3.8) is 0 Å². The first-order chi connectivity index (χ1) is 6.00. The van der Waals surface area contributed by atoms with E-state index < -0.39 is 0 Å². The summed E-state index contributed by atoms with van der Waals surface area (Å²) in [6, 6.07) is 0. The quantitative estimate of drug-likeness (QED) is 0.334. The highest BCUT2D eigenvalue weighted by atomic mass is 32.2. The van der Waals surface area contributed by atoms with Gasteiger partial charge in [0.2, 0.25) is 0 Å². The third kappa shape index (κ3) is 5.93. The molecule has 0 heterocycles. The largest absolute Gasteiger partial charge is 0.396 e. The molecule has 0 rings (SSSR count). The topological polar surface area (TPSA) is 70.1 Å². The van der Waals surface area contributed by atoms with Gasteiger partial charge in [-0.25, -0.2) is 0 Å². The minimum absolute atomic E-state index is 0.174. The first-order valence-electron chi connectivity index (χ1n) is 4.54. The van der Waals surface area contributed by atoms with Crippen molar-refractivity contribution in [2.75, 3.05) is 18.1 Å². The van der Waals surface area contributed by atoms with Gasteiger partial charge in [-0.15, -0.1) is 0 Å². The van der Waals surface area contributed by atoms with Gasteiger partial charge in [0.15, 0.2) is 0 Å². The van der Waals surface area contributed by atoms with Gasteiger partial charge in [0.05, 0.1) is 5.84 Å². The van der Waals surface area contributed by atoms with E-state index in [-0.39, 0.29) is 17.9 Å². The fourth-order valence-corrected chi connectivity index (χ4v) is 1.92. The SMILES string of the molecule is CC(C)(CCSCCCO)C(=N)N. The first-order valence-corrected chi connectivity index (χ1v) is 5.69. The summed E-state index contributed by atoms with van der Waals surface area (Å²) in [6.45, 7) is 4.24. The van der Waals surface area contributed by atoms with Crippen molar-refractivity contribution in [1.82, 2.24) is 0 Å². The van der Waals surface area contributed by atoms with E-state index >= 15 is 0 Å². The minimum Gasteiger partial charge on any atom is -0.396 e. The summed E-state index contributed by atoms with van der Waals surface area (Å²) in [7, 11) is 0. The number of nitrogens with two attached hydrogens (primary N) is 1. The Kier molecular flexibility index (Phi) is 6.16. The van der Waals surface area contributed by atoms with Crippen LogP contribution in [0.1, 0.15) is 26.7 Å². The number of hydrogen-bond acceptors (Lipinski definition) is 3. The Balaban J connectivity index is 3.46. The lowest BCUT2D eigenvalue weighted by atomic mass is 9.89. The van der Waals surface area contributed by atoms with E-state index in [1.165, 1.54) is 0 Å². The fraction of sp³-hybridized carbons (Fsp3) is 0.889. The monoisotopic (exact) mass is 204 g/mol. The Labute approximate surface area is 84.6 Å². The number of aliphatic hydroxyl groups excluding tert-OH is 1. The molecule has 4 N–H and O–H groups in total. The van der Waals surface area contributed by atoms with Crippen molar-refractivity contribution in [2.45, 2.75) is 26.7 Å². The number of amidine groups is 1. The second-order valence-electron chi connectivity index (χ2n) is 3.74. The van der Waals surface area contributed by atoms with Crippen LogP contribution >= 0.6 is 11.8 Å². The van der Waals surface area contributed by atoms with Crippen LogP contribution in [0.2, 0.25) is 0 Å². The molecule has 0 aliphatic rings. The standard InChI is InChI=1S/C9H20N2OS/c1-9(2,8(10)11)4-7-13-6-3-5-12/h12H,3-7H2,1-2H3,(H3,10,11). The Hall–Kier alpha value is -0.220. The summed E-state index contributed by atoms with van der Waals surface area (Å²) in [4.78, 5) is 0. The Morgan fingerprint density at radius 3 is 2.54 bits per heavy atom. The molecule has 3 nitrogen and oxygen atoms in total. The van der Waals surface area contributed by atoms with Gasteiger partial charge >= 0.3 is 0 Å². The molecule has 0 amide bonds. The minimum atomic E-state index is -0.174. The molecule has 0 aromatic carbocycles. The third-order valence-corrected chi connectivity index (χ3v) is 3.12. The van der Waals surface area contributed by atoms with E-state index in [0.717, 1.165) is 24.3 Å².